The van der Waals surface area contributed by atoms with E-state index >= 15 is 0 Å². The second-order valence-corrected chi connectivity index (χ2v) is 5.62. The predicted molar refractivity (Wildman–Crippen MR) is 86.9 cm³/mol. The minimum Gasteiger partial charge on any atom is -0.368 e. The van der Waals surface area contributed by atoms with Crippen molar-refractivity contribution in [3.8, 4) is 0 Å². The Balaban J connectivity index is 2.18. The van der Waals surface area contributed by atoms with Crippen LogP contribution in [0.1, 0.15) is 38.7 Å². The van der Waals surface area contributed by atoms with Crippen molar-refractivity contribution < 1.29 is 4.79 Å². The first kappa shape index (κ1) is 16.2. The molecule has 2 aromatic rings. The van der Waals surface area contributed by atoms with Gasteiger partial charge < -0.3 is 10.6 Å². The largest absolute Gasteiger partial charge is 0.368 e. The number of anilines is 1. The SMILES string of the molecule is CCn1nc(C)c2nc(C)nc(NCCC(=O)NC(C)C)c21. The summed E-state index contributed by atoms with van der Waals surface area (Å²) >= 11 is 0. The van der Waals surface area contributed by atoms with Gasteiger partial charge in [0, 0.05) is 25.6 Å². The van der Waals surface area contributed by atoms with Crippen LogP contribution in [0, 0.1) is 13.8 Å². The maximum Gasteiger partial charge on any atom is 0.221 e. The lowest BCUT2D eigenvalue weighted by atomic mass is 10.3. The number of aryl methyl sites for hydroxylation is 3. The van der Waals surface area contributed by atoms with E-state index in [1.165, 1.54) is 0 Å². The molecule has 0 unspecified atom stereocenters. The number of aromatic nitrogens is 4. The predicted octanol–water partition coefficient (Wildman–Crippen LogP) is 1.79. The van der Waals surface area contributed by atoms with Crippen molar-refractivity contribution in [2.45, 2.75) is 53.6 Å². The molecule has 0 aliphatic rings. The van der Waals surface area contributed by atoms with E-state index in [1.54, 1.807) is 0 Å². The summed E-state index contributed by atoms with van der Waals surface area (Å²) in [5, 5.41) is 10.6. The van der Waals surface area contributed by atoms with Gasteiger partial charge in [-0.1, -0.05) is 0 Å². The second kappa shape index (κ2) is 6.72. The molecule has 0 radical (unpaired) electrons. The third-order valence-electron chi connectivity index (χ3n) is 3.26. The Kier molecular flexibility index (Phi) is 4.95. The van der Waals surface area contributed by atoms with Gasteiger partial charge in [0.15, 0.2) is 5.82 Å². The fraction of sp³-hybridized carbons (Fsp3) is 0.600. The van der Waals surface area contributed by atoms with Gasteiger partial charge in [-0.3, -0.25) is 9.48 Å². The lowest BCUT2D eigenvalue weighted by molar-refractivity contribution is -0.121. The second-order valence-electron chi connectivity index (χ2n) is 5.62. The van der Waals surface area contributed by atoms with Gasteiger partial charge in [0.05, 0.1) is 5.69 Å². The molecule has 2 rings (SSSR count). The number of nitrogens with zero attached hydrogens (tertiary/aromatic N) is 4. The summed E-state index contributed by atoms with van der Waals surface area (Å²) in [5.74, 6) is 1.47. The molecule has 0 atom stereocenters. The lowest BCUT2D eigenvalue weighted by Crippen LogP contribution is -2.31. The monoisotopic (exact) mass is 304 g/mol. The third kappa shape index (κ3) is 3.52. The molecule has 7 heteroatoms. The molecular weight excluding hydrogens is 280 g/mol. The summed E-state index contributed by atoms with van der Waals surface area (Å²) in [5.41, 5.74) is 2.65. The molecule has 0 spiro atoms. The summed E-state index contributed by atoms with van der Waals surface area (Å²) in [6, 6.07) is 0.157. The molecule has 0 fully saturated rings. The standard InChI is InChI=1S/C15H24N6O/c1-6-21-14-13(10(4)20-21)18-11(5)19-15(14)16-8-7-12(22)17-9(2)3/h9H,6-8H2,1-5H3,(H,17,22)(H,16,18,19). The van der Waals surface area contributed by atoms with Crippen LogP contribution in [0.15, 0.2) is 0 Å². The van der Waals surface area contributed by atoms with Crippen molar-refractivity contribution >= 4 is 22.8 Å². The average molecular weight is 304 g/mol. The number of fused-ring (bicyclic) bond motifs is 1. The summed E-state index contributed by atoms with van der Waals surface area (Å²) in [6.07, 6.45) is 0.405. The van der Waals surface area contributed by atoms with Gasteiger partial charge in [-0.2, -0.15) is 5.10 Å². The van der Waals surface area contributed by atoms with Gasteiger partial charge >= 0.3 is 0 Å². The van der Waals surface area contributed by atoms with Crippen LogP contribution in [0.3, 0.4) is 0 Å². The van der Waals surface area contributed by atoms with E-state index in [2.05, 4.69) is 25.7 Å². The molecular formula is C15H24N6O. The number of rotatable bonds is 6. The van der Waals surface area contributed by atoms with Crippen molar-refractivity contribution in [2.24, 2.45) is 0 Å². The molecule has 0 aromatic carbocycles. The molecule has 2 N–H and O–H groups in total. The molecule has 0 aliphatic heterocycles. The van der Waals surface area contributed by atoms with Gasteiger partial charge in [-0.25, -0.2) is 9.97 Å². The third-order valence-corrected chi connectivity index (χ3v) is 3.26. The Morgan fingerprint density at radius 2 is 2.00 bits per heavy atom. The van der Waals surface area contributed by atoms with Crippen LogP contribution in [0.2, 0.25) is 0 Å². The Morgan fingerprint density at radius 1 is 1.27 bits per heavy atom. The maximum absolute atomic E-state index is 11.7. The Bertz CT molecular complexity index is 676. The average Bonchev–Trinajstić information content (AvgIpc) is 2.74. The number of hydrogen-bond acceptors (Lipinski definition) is 5. The first-order valence-electron chi connectivity index (χ1n) is 7.67. The first-order valence-corrected chi connectivity index (χ1v) is 7.67. The number of hydrogen-bond donors (Lipinski definition) is 2. The number of carbonyl (C=O) groups is 1. The zero-order chi connectivity index (χ0) is 16.3. The minimum absolute atomic E-state index is 0.0321. The van der Waals surface area contributed by atoms with Gasteiger partial charge in [-0.15, -0.1) is 0 Å². The molecule has 2 heterocycles. The Hall–Kier alpha value is -2.18. The molecule has 0 saturated carbocycles. The van der Waals surface area contributed by atoms with Crippen LogP contribution in [-0.4, -0.2) is 38.2 Å². The lowest BCUT2D eigenvalue weighted by Gasteiger charge is -2.11. The highest BCUT2D eigenvalue weighted by atomic mass is 16.1. The smallest absolute Gasteiger partial charge is 0.221 e. The van der Waals surface area contributed by atoms with Crippen molar-refractivity contribution in [3.05, 3.63) is 11.5 Å². The highest BCUT2D eigenvalue weighted by Gasteiger charge is 2.14. The van der Waals surface area contributed by atoms with Crippen LogP contribution in [-0.2, 0) is 11.3 Å². The topological polar surface area (TPSA) is 84.7 Å². The van der Waals surface area contributed by atoms with Crippen LogP contribution in [0.25, 0.3) is 11.0 Å². The highest BCUT2D eigenvalue weighted by molar-refractivity contribution is 5.87. The Labute approximate surface area is 130 Å². The van der Waals surface area contributed by atoms with Gasteiger partial charge in [0.2, 0.25) is 5.91 Å². The molecule has 0 aliphatic carbocycles. The zero-order valence-electron chi connectivity index (χ0n) is 13.9. The number of carbonyl (C=O) groups excluding carboxylic acids is 1. The molecule has 120 valence electrons. The summed E-state index contributed by atoms with van der Waals surface area (Å²) < 4.78 is 1.89. The van der Waals surface area contributed by atoms with E-state index in [0.717, 1.165) is 29.1 Å². The molecule has 0 saturated heterocycles. The van der Waals surface area contributed by atoms with E-state index in [4.69, 9.17) is 0 Å². The number of nitrogens with one attached hydrogen (secondary N) is 2. The van der Waals surface area contributed by atoms with E-state index in [9.17, 15) is 4.79 Å². The minimum atomic E-state index is 0.0321. The fourth-order valence-electron chi connectivity index (χ4n) is 2.38. The Morgan fingerprint density at radius 3 is 2.64 bits per heavy atom. The molecule has 1 amide bonds. The van der Waals surface area contributed by atoms with Crippen molar-refractivity contribution in [2.75, 3.05) is 11.9 Å². The van der Waals surface area contributed by atoms with Crippen LogP contribution >= 0.6 is 0 Å². The van der Waals surface area contributed by atoms with Gasteiger partial charge in [-0.05, 0) is 34.6 Å². The van der Waals surface area contributed by atoms with Gasteiger partial charge in [0.1, 0.15) is 16.9 Å². The van der Waals surface area contributed by atoms with Gasteiger partial charge in [0.25, 0.3) is 0 Å². The maximum atomic E-state index is 11.7. The zero-order valence-corrected chi connectivity index (χ0v) is 13.9. The highest BCUT2D eigenvalue weighted by Crippen LogP contribution is 2.23. The molecule has 7 nitrogen and oxygen atoms in total. The first-order chi connectivity index (χ1) is 10.4. The molecule has 2 aromatic heterocycles. The van der Waals surface area contributed by atoms with Crippen molar-refractivity contribution in [1.29, 1.82) is 0 Å². The fourth-order valence-corrected chi connectivity index (χ4v) is 2.38. The van der Waals surface area contributed by atoms with Crippen LogP contribution in [0.5, 0.6) is 0 Å². The summed E-state index contributed by atoms with van der Waals surface area (Å²) in [6.45, 7) is 11.0. The van der Waals surface area contributed by atoms with E-state index in [1.807, 2.05) is 39.3 Å². The summed E-state index contributed by atoms with van der Waals surface area (Å²) in [4.78, 5) is 20.6. The normalized spacial score (nSPS) is 11.2. The van der Waals surface area contributed by atoms with E-state index in [0.29, 0.717) is 18.8 Å². The van der Waals surface area contributed by atoms with Crippen molar-refractivity contribution in [3.63, 3.8) is 0 Å². The van der Waals surface area contributed by atoms with E-state index in [-0.39, 0.29) is 11.9 Å². The van der Waals surface area contributed by atoms with Crippen LogP contribution in [0.4, 0.5) is 5.82 Å². The molecule has 22 heavy (non-hydrogen) atoms. The number of amides is 1. The summed E-state index contributed by atoms with van der Waals surface area (Å²) in [7, 11) is 0. The van der Waals surface area contributed by atoms with Crippen molar-refractivity contribution in [1.82, 2.24) is 25.1 Å². The quantitative estimate of drug-likeness (QED) is 0.850. The van der Waals surface area contributed by atoms with Crippen LogP contribution < -0.4 is 10.6 Å². The van der Waals surface area contributed by atoms with E-state index < -0.39 is 0 Å². The molecule has 0 bridgehead atoms.